The molecule has 0 bridgehead atoms. The minimum atomic E-state index is 0.0367. The van der Waals surface area contributed by atoms with Gasteiger partial charge in [0, 0.05) is 5.56 Å². The average Bonchev–Trinajstić information content (AvgIpc) is 2.48. The standard InChI is InChI=1S/C18H20O2/c1-4-14-8-6-7-9-15(14)18(19)16-12-13(3)10-11-17(16)20-5-2/h6-12H,4-5H2,1-3H3. The van der Waals surface area contributed by atoms with E-state index in [1.165, 1.54) is 0 Å². The number of ether oxygens (including phenoxy) is 1. The van der Waals surface area contributed by atoms with Gasteiger partial charge in [-0.25, -0.2) is 0 Å². The lowest BCUT2D eigenvalue weighted by atomic mass is 9.95. The zero-order chi connectivity index (χ0) is 14.5. The maximum atomic E-state index is 12.8. The molecule has 0 radical (unpaired) electrons. The van der Waals surface area contributed by atoms with E-state index in [1.807, 2.05) is 56.3 Å². The molecule has 2 aromatic carbocycles. The number of hydrogen-bond donors (Lipinski definition) is 0. The van der Waals surface area contributed by atoms with Crippen molar-refractivity contribution in [1.29, 1.82) is 0 Å². The lowest BCUT2D eigenvalue weighted by molar-refractivity contribution is 0.103. The summed E-state index contributed by atoms with van der Waals surface area (Å²) in [5, 5.41) is 0. The van der Waals surface area contributed by atoms with Crippen LogP contribution in [-0.2, 0) is 6.42 Å². The van der Waals surface area contributed by atoms with E-state index < -0.39 is 0 Å². The van der Waals surface area contributed by atoms with Crippen molar-refractivity contribution in [2.24, 2.45) is 0 Å². The summed E-state index contributed by atoms with van der Waals surface area (Å²) in [7, 11) is 0. The Kier molecular flexibility index (Phi) is 4.57. The van der Waals surface area contributed by atoms with Gasteiger partial charge in [-0.3, -0.25) is 4.79 Å². The number of benzene rings is 2. The average molecular weight is 268 g/mol. The highest BCUT2D eigenvalue weighted by atomic mass is 16.5. The van der Waals surface area contributed by atoms with E-state index in [2.05, 4.69) is 6.92 Å². The molecule has 20 heavy (non-hydrogen) atoms. The number of carbonyl (C=O) groups is 1. The molecule has 104 valence electrons. The summed E-state index contributed by atoms with van der Waals surface area (Å²) in [5.41, 5.74) is 3.54. The molecule has 0 saturated carbocycles. The highest BCUT2D eigenvalue weighted by Crippen LogP contribution is 2.25. The molecule has 2 heteroatoms. The second kappa shape index (κ2) is 6.38. The topological polar surface area (TPSA) is 26.3 Å². The molecular weight excluding hydrogens is 248 g/mol. The first kappa shape index (κ1) is 14.3. The molecular formula is C18H20O2. The van der Waals surface area contributed by atoms with Gasteiger partial charge in [-0.1, -0.05) is 42.8 Å². The fourth-order valence-electron chi connectivity index (χ4n) is 2.30. The van der Waals surface area contributed by atoms with Crippen molar-refractivity contribution in [2.45, 2.75) is 27.2 Å². The Hall–Kier alpha value is -2.09. The number of ketones is 1. The molecule has 0 heterocycles. The van der Waals surface area contributed by atoms with Crippen molar-refractivity contribution in [3.05, 3.63) is 64.7 Å². The summed E-state index contributed by atoms with van der Waals surface area (Å²) >= 11 is 0. The molecule has 0 atom stereocenters. The minimum absolute atomic E-state index is 0.0367. The quantitative estimate of drug-likeness (QED) is 0.760. The van der Waals surface area contributed by atoms with Gasteiger partial charge in [0.2, 0.25) is 0 Å². The molecule has 0 N–H and O–H groups in total. The normalized spacial score (nSPS) is 10.3. The third-order valence-corrected chi connectivity index (χ3v) is 3.32. The van der Waals surface area contributed by atoms with Gasteiger partial charge in [0.15, 0.2) is 5.78 Å². The van der Waals surface area contributed by atoms with Gasteiger partial charge in [-0.15, -0.1) is 0 Å². The van der Waals surface area contributed by atoms with Crippen LogP contribution in [-0.4, -0.2) is 12.4 Å². The van der Waals surface area contributed by atoms with Crippen molar-refractivity contribution >= 4 is 5.78 Å². The first-order valence-corrected chi connectivity index (χ1v) is 7.03. The fraction of sp³-hybridized carbons (Fsp3) is 0.278. The number of carbonyl (C=O) groups excluding carboxylic acids is 1. The number of hydrogen-bond acceptors (Lipinski definition) is 2. The van der Waals surface area contributed by atoms with Gasteiger partial charge < -0.3 is 4.74 Å². The smallest absolute Gasteiger partial charge is 0.197 e. The fourth-order valence-corrected chi connectivity index (χ4v) is 2.30. The van der Waals surface area contributed by atoms with Crippen LogP contribution in [0.3, 0.4) is 0 Å². The van der Waals surface area contributed by atoms with Crippen LogP contribution in [0.15, 0.2) is 42.5 Å². The molecule has 2 aromatic rings. The third kappa shape index (κ3) is 2.90. The second-order valence-corrected chi connectivity index (χ2v) is 4.77. The van der Waals surface area contributed by atoms with Crippen molar-refractivity contribution in [1.82, 2.24) is 0 Å². The van der Waals surface area contributed by atoms with Crippen LogP contribution < -0.4 is 4.74 Å². The summed E-state index contributed by atoms with van der Waals surface area (Å²) < 4.78 is 5.59. The summed E-state index contributed by atoms with van der Waals surface area (Å²) in [6.45, 7) is 6.52. The zero-order valence-electron chi connectivity index (χ0n) is 12.3. The molecule has 0 aliphatic rings. The Balaban J connectivity index is 2.49. The Morgan fingerprint density at radius 3 is 2.50 bits per heavy atom. The lowest BCUT2D eigenvalue weighted by Crippen LogP contribution is -2.08. The molecule has 0 aromatic heterocycles. The number of rotatable bonds is 5. The van der Waals surface area contributed by atoms with Gasteiger partial charge in [0.1, 0.15) is 5.75 Å². The van der Waals surface area contributed by atoms with Gasteiger partial charge in [0.25, 0.3) is 0 Å². The van der Waals surface area contributed by atoms with E-state index in [0.717, 1.165) is 23.1 Å². The molecule has 0 unspecified atom stereocenters. The molecule has 0 amide bonds. The molecule has 0 aliphatic carbocycles. The first-order valence-electron chi connectivity index (χ1n) is 7.03. The maximum Gasteiger partial charge on any atom is 0.197 e. The largest absolute Gasteiger partial charge is 0.493 e. The molecule has 0 aliphatic heterocycles. The highest BCUT2D eigenvalue weighted by molar-refractivity contribution is 6.11. The van der Waals surface area contributed by atoms with E-state index in [9.17, 15) is 4.79 Å². The Morgan fingerprint density at radius 1 is 1.05 bits per heavy atom. The Bertz CT molecular complexity index is 615. The van der Waals surface area contributed by atoms with E-state index >= 15 is 0 Å². The van der Waals surface area contributed by atoms with Crippen LogP contribution in [0.25, 0.3) is 0 Å². The van der Waals surface area contributed by atoms with Gasteiger partial charge in [0.05, 0.1) is 12.2 Å². The lowest BCUT2D eigenvalue weighted by Gasteiger charge is -2.12. The van der Waals surface area contributed by atoms with Crippen molar-refractivity contribution < 1.29 is 9.53 Å². The van der Waals surface area contributed by atoms with E-state index in [4.69, 9.17) is 4.74 Å². The van der Waals surface area contributed by atoms with E-state index in [0.29, 0.717) is 17.9 Å². The van der Waals surface area contributed by atoms with Crippen LogP contribution in [0, 0.1) is 6.92 Å². The molecule has 0 spiro atoms. The maximum absolute atomic E-state index is 12.8. The van der Waals surface area contributed by atoms with Crippen molar-refractivity contribution in [2.75, 3.05) is 6.61 Å². The highest BCUT2D eigenvalue weighted by Gasteiger charge is 2.17. The van der Waals surface area contributed by atoms with Crippen LogP contribution in [0.2, 0.25) is 0 Å². The summed E-state index contributed by atoms with van der Waals surface area (Å²) in [6, 6.07) is 13.5. The van der Waals surface area contributed by atoms with Gasteiger partial charge >= 0.3 is 0 Å². The SMILES string of the molecule is CCOc1ccc(C)cc1C(=O)c1ccccc1CC. The zero-order valence-corrected chi connectivity index (χ0v) is 12.3. The summed E-state index contributed by atoms with van der Waals surface area (Å²) in [5.74, 6) is 0.698. The van der Waals surface area contributed by atoms with Gasteiger partial charge in [-0.05, 0) is 38.0 Å². The first-order chi connectivity index (χ1) is 9.67. The number of aryl methyl sites for hydroxylation is 2. The van der Waals surface area contributed by atoms with E-state index in [-0.39, 0.29) is 5.78 Å². The molecule has 0 fully saturated rings. The van der Waals surface area contributed by atoms with Crippen LogP contribution >= 0.6 is 0 Å². The molecule has 0 saturated heterocycles. The second-order valence-electron chi connectivity index (χ2n) is 4.77. The predicted molar refractivity (Wildman–Crippen MR) is 81.6 cm³/mol. The Morgan fingerprint density at radius 2 is 1.80 bits per heavy atom. The third-order valence-electron chi connectivity index (χ3n) is 3.32. The Labute approximate surface area is 120 Å². The van der Waals surface area contributed by atoms with Crippen LogP contribution in [0.5, 0.6) is 5.75 Å². The van der Waals surface area contributed by atoms with Crippen LogP contribution in [0.1, 0.15) is 40.9 Å². The summed E-state index contributed by atoms with van der Waals surface area (Å²) in [4.78, 5) is 12.8. The van der Waals surface area contributed by atoms with Crippen molar-refractivity contribution in [3.8, 4) is 5.75 Å². The summed E-state index contributed by atoms with van der Waals surface area (Å²) in [6.07, 6.45) is 0.845. The molecule has 2 nitrogen and oxygen atoms in total. The molecule has 2 rings (SSSR count). The minimum Gasteiger partial charge on any atom is -0.493 e. The monoisotopic (exact) mass is 268 g/mol. The van der Waals surface area contributed by atoms with Crippen molar-refractivity contribution in [3.63, 3.8) is 0 Å². The predicted octanol–water partition coefficient (Wildman–Crippen LogP) is 4.19. The van der Waals surface area contributed by atoms with Gasteiger partial charge in [-0.2, -0.15) is 0 Å². The van der Waals surface area contributed by atoms with E-state index in [1.54, 1.807) is 0 Å². The van der Waals surface area contributed by atoms with Crippen LogP contribution in [0.4, 0.5) is 0 Å².